The van der Waals surface area contributed by atoms with Crippen LogP contribution in [0.3, 0.4) is 0 Å². The van der Waals surface area contributed by atoms with Crippen molar-refractivity contribution in [2.24, 2.45) is 0 Å². The Morgan fingerprint density at radius 2 is 2.25 bits per heavy atom. The Labute approximate surface area is 136 Å². The average molecular weight is 338 g/mol. The van der Waals surface area contributed by atoms with Gasteiger partial charge < -0.3 is 10.6 Å². The fraction of sp³-hybridized carbons (Fsp3) is 0.538. The van der Waals surface area contributed by atoms with Gasteiger partial charge in [0.25, 0.3) is 5.91 Å². The minimum atomic E-state index is -0.0717. The Bertz CT molecular complexity index is 460. The van der Waals surface area contributed by atoms with Gasteiger partial charge in [-0.2, -0.15) is 0 Å². The van der Waals surface area contributed by atoms with Crippen molar-refractivity contribution in [3.05, 3.63) is 27.7 Å². The zero-order valence-corrected chi connectivity index (χ0v) is 14.1. The summed E-state index contributed by atoms with van der Waals surface area (Å²) < 4.78 is 0. The first kappa shape index (κ1) is 19.4. The molecule has 0 fully saturated rings. The SMILES string of the molecule is CC(C)c1nc(C(=O)NCC2=CCNCC2)cs1.Cl.Cl. The van der Waals surface area contributed by atoms with Crippen LogP contribution in [0.5, 0.6) is 0 Å². The van der Waals surface area contributed by atoms with Gasteiger partial charge in [-0.15, -0.1) is 36.2 Å². The molecule has 20 heavy (non-hydrogen) atoms. The van der Waals surface area contributed by atoms with Crippen molar-refractivity contribution in [3.63, 3.8) is 0 Å². The largest absolute Gasteiger partial charge is 0.347 e. The Kier molecular flexibility index (Phi) is 9.05. The fourth-order valence-corrected chi connectivity index (χ4v) is 2.59. The molecule has 0 aliphatic carbocycles. The molecule has 1 aromatic rings. The van der Waals surface area contributed by atoms with Crippen LogP contribution in [0, 0.1) is 0 Å². The molecule has 4 nitrogen and oxygen atoms in total. The topological polar surface area (TPSA) is 54.0 Å². The second kappa shape index (κ2) is 9.34. The lowest BCUT2D eigenvalue weighted by molar-refractivity contribution is 0.0952. The number of nitrogens with zero attached hydrogens (tertiary/aromatic N) is 1. The van der Waals surface area contributed by atoms with Crippen molar-refractivity contribution in [1.82, 2.24) is 15.6 Å². The van der Waals surface area contributed by atoms with Crippen molar-refractivity contribution < 1.29 is 4.79 Å². The van der Waals surface area contributed by atoms with E-state index in [-0.39, 0.29) is 30.7 Å². The molecular weight excluding hydrogens is 317 g/mol. The number of amides is 1. The maximum atomic E-state index is 11.9. The van der Waals surface area contributed by atoms with Crippen molar-refractivity contribution in [2.45, 2.75) is 26.2 Å². The molecule has 2 heterocycles. The summed E-state index contributed by atoms with van der Waals surface area (Å²) >= 11 is 1.55. The minimum Gasteiger partial charge on any atom is -0.347 e. The van der Waals surface area contributed by atoms with Gasteiger partial charge in [0, 0.05) is 24.4 Å². The number of carbonyl (C=O) groups is 1. The van der Waals surface area contributed by atoms with E-state index in [9.17, 15) is 4.79 Å². The van der Waals surface area contributed by atoms with Gasteiger partial charge >= 0.3 is 0 Å². The summed E-state index contributed by atoms with van der Waals surface area (Å²) in [6.45, 7) is 6.70. The van der Waals surface area contributed by atoms with Gasteiger partial charge in [-0.25, -0.2) is 4.98 Å². The molecule has 0 saturated heterocycles. The van der Waals surface area contributed by atoms with Gasteiger partial charge in [0.2, 0.25) is 0 Å². The summed E-state index contributed by atoms with van der Waals surface area (Å²) in [5.41, 5.74) is 1.83. The van der Waals surface area contributed by atoms with Crippen LogP contribution >= 0.6 is 36.2 Å². The van der Waals surface area contributed by atoms with Gasteiger partial charge in [-0.3, -0.25) is 4.79 Å². The molecule has 0 saturated carbocycles. The number of aromatic nitrogens is 1. The van der Waals surface area contributed by atoms with Crippen LogP contribution in [0.1, 0.15) is 41.7 Å². The van der Waals surface area contributed by atoms with Crippen molar-refractivity contribution in [2.75, 3.05) is 19.6 Å². The van der Waals surface area contributed by atoms with E-state index >= 15 is 0 Å². The average Bonchev–Trinajstić information content (AvgIpc) is 2.87. The summed E-state index contributed by atoms with van der Waals surface area (Å²) in [6.07, 6.45) is 3.15. The molecule has 0 bridgehead atoms. The molecule has 0 atom stereocenters. The predicted molar refractivity (Wildman–Crippen MR) is 88.6 cm³/mol. The zero-order chi connectivity index (χ0) is 13.0. The van der Waals surface area contributed by atoms with E-state index in [2.05, 4.69) is 35.5 Å². The highest BCUT2D eigenvalue weighted by atomic mass is 35.5. The van der Waals surface area contributed by atoms with Crippen LogP contribution in [0.2, 0.25) is 0 Å². The third-order valence-electron chi connectivity index (χ3n) is 2.88. The van der Waals surface area contributed by atoms with Crippen molar-refractivity contribution in [1.29, 1.82) is 0 Å². The lowest BCUT2D eigenvalue weighted by atomic mass is 10.1. The van der Waals surface area contributed by atoms with E-state index in [0.29, 0.717) is 18.2 Å². The zero-order valence-electron chi connectivity index (χ0n) is 11.6. The van der Waals surface area contributed by atoms with E-state index in [4.69, 9.17) is 0 Å². The van der Waals surface area contributed by atoms with Crippen LogP contribution in [0.25, 0.3) is 0 Å². The van der Waals surface area contributed by atoms with E-state index in [1.165, 1.54) is 5.57 Å². The first-order valence-electron chi connectivity index (χ1n) is 6.29. The number of hydrogen-bond donors (Lipinski definition) is 2. The molecule has 0 aromatic carbocycles. The number of carbonyl (C=O) groups excluding carboxylic acids is 1. The number of hydrogen-bond acceptors (Lipinski definition) is 4. The molecule has 114 valence electrons. The van der Waals surface area contributed by atoms with E-state index < -0.39 is 0 Å². The normalized spacial score (nSPS) is 14.1. The third-order valence-corrected chi connectivity index (χ3v) is 4.03. The minimum absolute atomic E-state index is 0. The summed E-state index contributed by atoms with van der Waals surface area (Å²) in [4.78, 5) is 16.3. The summed E-state index contributed by atoms with van der Waals surface area (Å²) in [5, 5.41) is 9.03. The van der Waals surface area contributed by atoms with E-state index in [0.717, 1.165) is 24.5 Å². The van der Waals surface area contributed by atoms with Crippen LogP contribution in [-0.4, -0.2) is 30.5 Å². The summed E-state index contributed by atoms with van der Waals surface area (Å²) in [7, 11) is 0. The molecule has 2 rings (SSSR count). The molecule has 7 heteroatoms. The third kappa shape index (κ3) is 5.40. The number of thiazole rings is 1. The first-order chi connectivity index (χ1) is 8.66. The summed E-state index contributed by atoms with van der Waals surface area (Å²) in [5.74, 6) is 0.307. The monoisotopic (exact) mass is 337 g/mol. The Morgan fingerprint density at radius 1 is 1.50 bits per heavy atom. The van der Waals surface area contributed by atoms with Crippen LogP contribution in [0.15, 0.2) is 17.0 Å². The highest BCUT2D eigenvalue weighted by molar-refractivity contribution is 7.09. The fourth-order valence-electron chi connectivity index (χ4n) is 1.77. The van der Waals surface area contributed by atoms with Crippen LogP contribution in [0.4, 0.5) is 0 Å². The first-order valence-corrected chi connectivity index (χ1v) is 7.17. The van der Waals surface area contributed by atoms with Gasteiger partial charge in [0.05, 0.1) is 5.01 Å². The van der Waals surface area contributed by atoms with Crippen molar-refractivity contribution >= 4 is 42.1 Å². The predicted octanol–water partition coefficient (Wildman–Crippen LogP) is 2.76. The lowest BCUT2D eigenvalue weighted by Crippen LogP contribution is -2.29. The molecule has 0 radical (unpaired) electrons. The molecular formula is C13H21Cl2N3OS. The van der Waals surface area contributed by atoms with Crippen LogP contribution in [-0.2, 0) is 0 Å². The van der Waals surface area contributed by atoms with E-state index in [1.54, 1.807) is 11.3 Å². The highest BCUT2D eigenvalue weighted by Gasteiger charge is 2.13. The number of rotatable bonds is 4. The second-order valence-corrected chi connectivity index (χ2v) is 5.61. The molecule has 0 unspecified atom stereocenters. The second-order valence-electron chi connectivity index (χ2n) is 4.72. The number of halogens is 2. The molecule has 1 aliphatic heterocycles. The molecule has 1 amide bonds. The standard InChI is InChI=1S/C13H19N3OS.2ClH/c1-9(2)13-16-11(8-18-13)12(17)15-7-10-3-5-14-6-4-10;;/h3,8-9,14H,4-7H2,1-2H3,(H,15,17);2*1H. The molecule has 0 spiro atoms. The molecule has 1 aromatic heterocycles. The molecule has 1 aliphatic rings. The van der Waals surface area contributed by atoms with E-state index in [1.807, 2.05) is 5.38 Å². The smallest absolute Gasteiger partial charge is 0.271 e. The Balaban J connectivity index is 0.00000180. The Hall–Kier alpha value is -0.620. The highest BCUT2D eigenvalue weighted by Crippen LogP contribution is 2.19. The van der Waals surface area contributed by atoms with Gasteiger partial charge in [-0.05, 0) is 13.0 Å². The quantitative estimate of drug-likeness (QED) is 0.830. The lowest BCUT2D eigenvalue weighted by Gasteiger charge is -2.14. The summed E-state index contributed by atoms with van der Waals surface area (Å²) in [6, 6.07) is 0. The molecule has 2 N–H and O–H groups in total. The number of nitrogens with one attached hydrogen (secondary N) is 2. The van der Waals surface area contributed by atoms with Crippen LogP contribution < -0.4 is 10.6 Å². The van der Waals surface area contributed by atoms with Gasteiger partial charge in [0.15, 0.2) is 0 Å². The maximum Gasteiger partial charge on any atom is 0.271 e. The van der Waals surface area contributed by atoms with Gasteiger partial charge in [-0.1, -0.05) is 25.5 Å². The Morgan fingerprint density at radius 3 is 2.80 bits per heavy atom. The van der Waals surface area contributed by atoms with Gasteiger partial charge in [0.1, 0.15) is 5.69 Å². The van der Waals surface area contributed by atoms with Crippen molar-refractivity contribution in [3.8, 4) is 0 Å². The maximum absolute atomic E-state index is 11.9.